The van der Waals surface area contributed by atoms with Crippen LogP contribution < -0.4 is 0 Å². The standard InChI is InChI=1S/C15H23N3O2/c1-11-14(16-10-20-11)9-18-7-3-4-13(8-18)17(2)15(19)12-5-6-12/h10,12-13H,3-9H2,1-2H3. The highest BCUT2D eigenvalue weighted by atomic mass is 16.3. The first-order chi connectivity index (χ1) is 9.65. The molecule has 0 spiro atoms. The van der Waals surface area contributed by atoms with Crippen molar-refractivity contribution in [3.63, 3.8) is 0 Å². The van der Waals surface area contributed by atoms with Crippen LogP contribution in [0.1, 0.15) is 37.1 Å². The summed E-state index contributed by atoms with van der Waals surface area (Å²) in [6.45, 7) is 4.80. The van der Waals surface area contributed by atoms with E-state index < -0.39 is 0 Å². The van der Waals surface area contributed by atoms with Crippen LogP contribution in [-0.4, -0.2) is 46.9 Å². The Bertz CT molecular complexity index is 481. The van der Waals surface area contributed by atoms with Crippen molar-refractivity contribution >= 4 is 5.91 Å². The smallest absolute Gasteiger partial charge is 0.225 e. The highest BCUT2D eigenvalue weighted by Gasteiger charge is 2.35. The van der Waals surface area contributed by atoms with Gasteiger partial charge in [-0.15, -0.1) is 0 Å². The first-order valence-electron chi connectivity index (χ1n) is 7.53. The van der Waals surface area contributed by atoms with Crippen LogP contribution in [0.4, 0.5) is 0 Å². The molecule has 5 heteroatoms. The topological polar surface area (TPSA) is 49.6 Å². The molecular formula is C15H23N3O2. The molecule has 1 saturated heterocycles. The second-order valence-electron chi connectivity index (χ2n) is 6.11. The molecule has 3 rings (SSSR count). The van der Waals surface area contributed by atoms with Gasteiger partial charge in [0.25, 0.3) is 0 Å². The fourth-order valence-corrected chi connectivity index (χ4v) is 2.98. The number of piperidine rings is 1. The van der Waals surface area contributed by atoms with Gasteiger partial charge in [-0.25, -0.2) is 4.98 Å². The summed E-state index contributed by atoms with van der Waals surface area (Å²) in [5, 5.41) is 0. The second-order valence-corrected chi connectivity index (χ2v) is 6.11. The van der Waals surface area contributed by atoms with Gasteiger partial charge in [0.1, 0.15) is 5.76 Å². The molecule has 0 radical (unpaired) electrons. The lowest BCUT2D eigenvalue weighted by Gasteiger charge is -2.37. The number of amides is 1. The summed E-state index contributed by atoms with van der Waals surface area (Å²) >= 11 is 0. The van der Waals surface area contributed by atoms with Crippen molar-refractivity contribution in [1.29, 1.82) is 0 Å². The maximum atomic E-state index is 12.2. The van der Waals surface area contributed by atoms with Crippen molar-refractivity contribution in [2.75, 3.05) is 20.1 Å². The normalized spacial score (nSPS) is 23.8. The average Bonchev–Trinajstić information content (AvgIpc) is 3.23. The number of aromatic nitrogens is 1. The monoisotopic (exact) mass is 277 g/mol. The minimum absolute atomic E-state index is 0.313. The zero-order chi connectivity index (χ0) is 14.1. The number of hydrogen-bond donors (Lipinski definition) is 0. The van der Waals surface area contributed by atoms with Gasteiger partial charge in [-0.1, -0.05) is 0 Å². The lowest BCUT2D eigenvalue weighted by Crippen LogP contribution is -2.48. The number of rotatable bonds is 4. The summed E-state index contributed by atoms with van der Waals surface area (Å²) in [4.78, 5) is 20.8. The fourth-order valence-electron chi connectivity index (χ4n) is 2.98. The van der Waals surface area contributed by atoms with E-state index in [-0.39, 0.29) is 0 Å². The number of nitrogens with zero attached hydrogens (tertiary/aromatic N) is 3. The minimum atomic E-state index is 0.313. The van der Waals surface area contributed by atoms with E-state index in [2.05, 4.69) is 9.88 Å². The van der Waals surface area contributed by atoms with Crippen molar-refractivity contribution in [3.05, 3.63) is 17.8 Å². The van der Waals surface area contributed by atoms with Crippen LogP contribution in [0.5, 0.6) is 0 Å². The predicted molar refractivity (Wildman–Crippen MR) is 75.0 cm³/mol. The van der Waals surface area contributed by atoms with Crippen molar-refractivity contribution in [1.82, 2.24) is 14.8 Å². The summed E-state index contributed by atoms with van der Waals surface area (Å²) in [7, 11) is 1.97. The molecule has 1 saturated carbocycles. The van der Waals surface area contributed by atoms with E-state index in [0.29, 0.717) is 17.9 Å². The number of likely N-dealkylation sites (tertiary alicyclic amines) is 1. The number of aryl methyl sites for hydroxylation is 1. The van der Waals surface area contributed by atoms with E-state index in [0.717, 1.165) is 56.8 Å². The summed E-state index contributed by atoms with van der Waals surface area (Å²) in [5.41, 5.74) is 1.02. The Kier molecular flexibility index (Phi) is 3.78. The molecule has 5 nitrogen and oxygen atoms in total. The molecule has 0 aromatic carbocycles. The van der Waals surface area contributed by atoms with Crippen LogP contribution >= 0.6 is 0 Å². The van der Waals surface area contributed by atoms with Gasteiger partial charge in [0.2, 0.25) is 5.91 Å². The first kappa shape index (κ1) is 13.6. The number of hydrogen-bond acceptors (Lipinski definition) is 4. The van der Waals surface area contributed by atoms with Crippen molar-refractivity contribution < 1.29 is 9.21 Å². The van der Waals surface area contributed by atoms with E-state index >= 15 is 0 Å². The van der Waals surface area contributed by atoms with Crippen LogP contribution in [-0.2, 0) is 11.3 Å². The molecule has 2 aliphatic rings. The Morgan fingerprint density at radius 3 is 2.95 bits per heavy atom. The Labute approximate surface area is 119 Å². The lowest BCUT2D eigenvalue weighted by atomic mass is 10.0. The number of carbonyl (C=O) groups excluding carboxylic acids is 1. The Hall–Kier alpha value is -1.36. The quantitative estimate of drug-likeness (QED) is 0.842. The predicted octanol–water partition coefficient (Wildman–Crippen LogP) is 1.82. The number of oxazole rings is 1. The Balaban J connectivity index is 1.58. The molecule has 20 heavy (non-hydrogen) atoms. The lowest BCUT2D eigenvalue weighted by molar-refractivity contribution is -0.134. The van der Waals surface area contributed by atoms with E-state index in [1.807, 2.05) is 18.9 Å². The molecule has 0 N–H and O–H groups in total. The van der Waals surface area contributed by atoms with Crippen LogP contribution in [0.15, 0.2) is 10.8 Å². The van der Waals surface area contributed by atoms with Crippen LogP contribution in [0.25, 0.3) is 0 Å². The van der Waals surface area contributed by atoms with Gasteiger partial charge < -0.3 is 9.32 Å². The highest BCUT2D eigenvalue weighted by Crippen LogP contribution is 2.32. The summed E-state index contributed by atoms with van der Waals surface area (Å²) in [6, 6.07) is 0.351. The molecular weight excluding hydrogens is 254 g/mol. The van der Waals surface area contributed by atoms with Gasteiger partial charge in [0, 0.05) is 32.1 Å². The molecule has 1 aliphatic heterocycles. The van der Waals surface area contributed by atoms with Gasteiger partial charge in [0.15, 0.2) is 6.39 Å². The zero-order valence-electron chi connectivity index (χ0n) is 12.3. The number of carbonyl (C=O) groups is 1. The van der Waals surface area contributed by atoms with Gasteiger partial charge >= 0.3 is 0 Å². The third-order valence-electron chi connectivity index (χ3n) is 4.52. The van der Waals surface area contributed by atoms with Crippen LogP contribution in [0, 0.1) is 12.8 Å². The fraction of sp³-hybridized carbons (Fsp3) is 0.733. The van der Waals surface area contributed by atoms with Crippen molar-refractivity contribution in [2.24, 2.45) is 5.92 Å². The molecule has 1 amide bonds. The molecule has 2 heterocycles. The van der Waals surface area contributed by atoms with Gasteiger partial charge in [0.05, 0.1) is 5.69 Å². The largest absolute Gasteiger partial charge is 0.448 e. The molecule has 1 atom stereocenters. The maximum Gasteiger partial charge on any atom is 0.225 e. The molecule has 1 unspecified atom stereocenters. The maximum absolute atomic E-state index is 12.2. The Morgan fingerprint density at radius 1 is 1.50 bits per heavy atom. The third kappa shape index (κ3) is 2.87. The van der Waals surface area contributed by atoms with Gasteiger partial charge in [-0.05, 0) is 39.2 Å². The second kappa shape index (κ2) is 5.56. The minimum Gasteiger partial charge on any atom is -0.448 e. The summed E-state index contributed by atoms with van der Waals surface area (Å²) in [6.07, 6.45) is 5.93. The molecule has 1 aromatic rings. The molecule has 110 valence electrons. The van der Waals surface area contributed by atoms with E-state index in [1.54, 1.807) is 0 Å². The average molecular weight is 277 g/mol. The highest BCUT2D eigenvalue weighted by molar-refractivity contribution is 5.81. The van der Waals surface area contributed by atoms with Gasteiger partial charge in [-0.2, -0.15) is 0 Å². The van der Waals surface area contributed by atoms with E-state index in [4.69, 9.17) is 4.42 Å². The first-order valence-corrected chi connectivity index (χ1v) is 7.53. The number of likely N-dealkylation sites (N-methyl/N-ethyl adjacent to an activating group) is 1. The molecule has 1 aromatic heterocycles. The van der Waals surface area contributed by atoms with E-state index in [1.165, 1.54) is 6.39 Å². The zero-order valence-corrected chi connectivity index (χ0v) is 12.3. The molecule has 0 bridgehead atoms. The van der Waals surface area contributed by atoms with E-state index in [9.17, 15) is 4.79 Å². The van der Waals surface area contributed by atoms with Crippen molar-refractivity contribution in [3.8, 4) is 0 Å². The third-order valence-corrected chi connectivity index (χ3v) is 4.52. The van der Waals surface area contributed by atoms with Crippen LogP contribution in [0.2, 0.25) is 0 Å². The SMILES string of the molecule is Cc1ocnc1CN1CCCC(N(C)C(=O)C2CC2)C1. The summed E-state index contributed by atoms with van der Waals surface area (Å²) < 4.78 is 5.26. The Morgan fingerprint density at radius 2 is 2.30 bits per heavy atom. The summed E-state index contributed by atoms with van der Waals surface area (Å²) in [5.74, 6) is 1.55. The van der Waals surface area contributed by atoms with Crippen molar-refractivity contribution in [2.45, 2.75) is 45.2 Å². The molecule has 1 aliphatic carbocycles. The van der Waals surface area contributed by atoms with Crippen LogP contribution in [0.3, 0.4) is 0 Å². The molecule has 2 fully saturated rings. The van der Waals surface area contributed by atoms with Gasteiger partial charge in [-0.3, -0.25) is 9.69 Å².